The van der Waals surface area contributed by atoms with E-state index < -0.39 is 5.97 Å². The molecule has 0 unspecified atom stereocenters. The average molecular weight is 303 g/mol. The zero-order valence-electron chi connectivity index (χ0n) is 10.8. The van der Waals surface area contributed by atoms with Crippen LogP contribution in [0.25, 0.3) is 11.0 Å². The minimum Gasteiger partial charge on any atom is -0.486 e. The summed E-state index contributed by atoms with van der Waals surface area (Å²) in [5, 5.41) is 9.56. The van der Waals surface area contributed by atoms with Gasteiger partial charge in [-0.1, -0.05) is 17.7 Å². The van der Waals surface area contributed by atoms with Crippen LogP contribution in [0.5, 0.6) is 5.75 Å². The molecular formula is C15H11ClN2O3. The van der Waals surface area contributed by atoms with Gasteiger partial charge in [-0.05, 0) is 36.4 Å². The lowest BCUT2D eigenvalue weighted by atomic mass is 10.2. The van der Waals surface area contributed by atoms with E-state index in [1.807, 2.05) is 0 Å². The molecule has 21 heavy (non-hydrogen) atoms. The van der Waals surface area contributed by atoms with Crippen LogP contribution in [0.2, 0.25) is 5.02 Å². The molecule has 3 aromatic rings. The molecule has 0 atom stereocenters. The number of nitrogens with zero attached hydrogens (tertiary/aromatic N) is 1. The van der Waals surface area contributed by atoms with Gasteiger partial charge in [0.25, 0.3) is 0 Å². The van der Waals surface area contributed by atoms with Crippen LogP contribution >= 0.6 is 11.6 Å². The van der Waals surface area contributed by atoms with E-state index in [0.29, 0.717) is 27.6 Å². The van der Waals surface area contributed by atoms with Gasteiger partial charge in [0.2, 0.25) is 0 Å². The SMILES string of the molecule is O=C(O)c1ccc2nc(COc3cccc(Cl)c3)[nH]c2c1. The van der Waals surface area contributed by atoms with E-state index in [1.54, 1.807) is 36.4 Å². The Morgan fingerprint density at radius 3 is 2.90 bits per heavy atom. The Balaban J connectivity index is 1.80. The summed E-state index contributed by atoms with van der Waals surface area (Å²) in [7, 11) is 0. The van der Waals surface area contributed by atoms with Gasteiger partial charge in [0, 0.05) is 5.02 Å². The highest BCUT2D eigenvalue weighted by Crippen LogP contribution is 2.19. The predicted octanol–water partition coefficient (Wildman–Crippen LogP) is 3.49. The zero-order valence-corrected chi connectivity index (χ0v) is 11.6. The third kappa shape index (κ3) is 2.98. The number of benzene rings is 2. The van der Waals surface area contributed by atoms with Crippen molar-refractivity contribution in [2.75, 3.05) is 0 Å². The van der Waals surface area contributed by atoms with E-state index in [9.17, 15) is 4.79 Å². The molecule has 1 aromatic heterocycles. The first-order chi connectivity index (χ1) is 10.1. The van der Waals surface area contributed by atoms with E-state index in [-0.39, 0.29) is 12.2 Å². The third-order valence-corrected chi connectivity index (χ3v) is 3.18. The van der Waals surface area contributed by atoms with Crippen molar-refractivity contribution in [3.8, 4) is 5.75 Å². The molecule has 6 heteroatoms. The van der Waals surface area contributed by atoms with Crippen LogP contribution in [0.15, 0.2) is 42.5 Å². The average Bonchev–Trinajstić information content (AvgIpc) is 2.87. The molecule has 3 rings (SSSR count). The molecular weight excluding hydrogens is 292 g/mol. The van der Waals surface area contributed by atoms with Crippen molar-refractivity contribution < 1.29 is 14.6 Å². The first-order valence-corrected chi connectivity index (χ1v) is 6.60. The fourth-order valence-corrected chi connectivity index (χ4v) is 2.15. The van der Waals surface area contributed by atoms with E-state index in [2.05, 4.69) is 9.97 Å². The molecule has 0 aliphatic carbocycles. The second-order valence-corrected chi connectivity index (χ2v) is 4.90. The molecule has 1 heterocycles. The topological polar surface area (TPSA) is 75.2 Å². The molecule has 0 saturated heterocycles. The number of imidazole rings is 1. The smallest absolute Gasteiger partial charge is 0.335 e. The molecule has 0 spiro atoms. The number of hydrogen-bond donors (Lipinski definition) is 2. The number of aromatic nitrogens is 2. The number of aromatic amines is 1. The fourth-order valence-electron chi connectivity index (χ4n) is 1.97. The number of carboxylic acids is 1. The fraction of sp³-hybridized carbons (Fsp3) is 0.0667. The maximum atomic E-state index is 10.9. The first-order valence-electron chi connectivity index (χ1n) is 6.22. The van der Waals surface area contributed by atoms with E-state index in [1.165, 1.54) is 6.07 Å². The quantitative estimate of drug-likeness (QED) is 0.773. The monoisotopic (exact) mass is 302 g/mol. The second-order valence-electron chi connectivity index (χ2n) is 4.47. The lowest BCUT2D eigenvalue weighted by Crippen LogP contribution is -1.97. The highest BCUT2D eigenvalue weighted by molar-refractivity contribution is 6.30. The number of carboxylic acid groups (broad SMARTS) is 1. The van der Waals surface area contributed by atoms with Gasteiger partial charge in [-0.3, -0.25) is 0 Å². The maximum Gasteiger partial charge on any atom is 0.335 e. The minimum absolute atomic E-state index is 0.216. The summed E-state index contributed by atoms with van der Waals surface area (Å²) in [6.07, 6.45) is 0. The summed E-state index contributed by atoms with van der Waals surface area (Å²) in [5.41, 5.74) is 1.58. The lowest BCUT2D eigenvalue weighted by Gasteiger charge is -2.03. The third-order valence-electron chi connectivity index (χ3n) is 2.95. The molecule has 0 aliphatic heterocycles. The molecule has 0 fully saturated rings. The van der Waals surface area contributed by atoms with Crippen LogP contribution in [0.4, 0.5) is 0 Å². The Morgan fingerprint density at radius 1 is 1.29 bits per heavy atom. The number of hydrogen-bond acceptors (Lipinski definition) is 3. The second kappa shape index (κ2) is 5.46. The molecule has 0 aliphatic rings. The van der Waals surface area contributed by atoms with Crippen molar-refractivity contribution in [1.82, 2.24) is 9.97 Å². The summed E-state index contributed by atoms with van der Waals surface area (Å²) >= 11 is 5.88. The summed E-state index contributed by atoms with van der Waals surface area (Å²) in [5.74, 6) is 0.296. The number of ether oxygens (including phenoxy) is 1. The number of H-pyrrole nitrogens is 1. The number of carbonyl (C=O) groups is 1. The van der Waals surface area contributed by atoms with Gasteiger partial charge in [-0.25, -0.2) is 9.78 Å². The summed E-state index contributed by atoms with van der Waals surface area (Å²) in [6.45, 7) is 0.247. The van der Waals surface area contributed by atoms with Crippen molar-refractivity contribution >= 4 is 28.6 Å². The summed E-state index contributed by atoms with van der Waals surface area (Å²) in [6, 6.07) is 11.8. The van der Waals surface area contributed by atoms with E-state index >= 15 is 0 Å². The Kier molecular flexibility index (Phi) is 3.50. The molecule has 0 amide bonds. The Hall–Kier alpha value is -2.53. The van der Waals surface area contributed by atoms with Crippen molar-refractivity contribution in [3.05, 3.63) is 58.9 Å². The van der Waals surface area contributed by atoms with Gasteiger partial charge in [0.15, 0.2) is 0 Å². The summed E-state index contributed by atoms with van der Waals surface area (Å²) < 4.78 is 5.59. The largest absolute Gasteiger partial charge is 0.486 e. The molecule has 5 nitrogen and oxygen atoms in total. The number of rotatable bonds is 4. The lowest BCUT2D eigenvalue weighted by molar-refractivity contribution is 0.0697. The molecule has 0 radical (unpaired) electrons. The number of nitrogens with one attached hydrogen (secondary N) is 1. The van der Waals surface area contributed by atoms with Gasteiger partial charge in [-0.15, -0.1) is 0 Å². The standard InChI is InChI=1S/C15H11ClN2O3/c16-10-2-1-3-11(7-10)21-8-14-17-12-5-4-9(15(19)20)6-13(12)18-14/h1-7H,8H2,(H,17,18)(H,19,20). The van der Waals surface area contributed by atoms with Crippen molar-refractivity contribution in [1.29, 1.82) is 0 Å². The van der Waals surface area contributed by atoms with Crippen LogP contribution < -0.4 is 4.74 Å². The van der Waals surface area contributed by atoms with Crippen LogP contribution in [-0.2, 0) is 6.61 Å². The molecule has 0 bridgehead atoms. The predicted molar refractivity (Wildman–Crippen MR) is 78.8 cm³/mol. The molecule has 0 saturated carbocycles. The molecule has 2 N–H and O–H groups in total. The van der Waals surface area contributed by atoms with Crippen molar-refractivity contribution in [3.63, 3.8) is 0 Å². The van der Waals surface area contributed by atoms with Gasteiger partial charge in [0.05, 0.1) is 16.6 Å². The number of aromatic carboxylic acids is 1. The maximum absolute atomic E-state index is 10.9. The Labute approximate surface area is 125 Å². The highest BCUT2D eigenvalue weighted by atomic mass is 35.5. The number of halogens is 1. The molecule has 106 valence electrons. The minimum atomic E-state index is -0.969. The number of fused-ring (bicyclic) bond motifs is 1. The Bertz CT molecular complexity index is 814. The highest BCUT2D eigenvalue weighted by Gasteiger charge is 2.08. The van der Waals surface area contributed by atoms with Crippen LogP contribution in [-0.4, -0.2) is 21.0 Å². The summed E-state index contributed by atoms with van der Waals surface area (Å²) in [4.78, 5) is 18.3. The molecule has 2 aromatic carbocycles. The van der Waals surface area contributed by atoms with Gasteiger partial charge in [-0.2, -0.15) is 0 Å². The van der Waals surface area contributed by atoms with Crippen molar-refractivity contribution in [2.45, 2.75) is 6.61 Å². The first kappa shape index (κ1) is 13.5. The zero-order chi connectivity index (χ0) is 14.8. The van der Waals surface area contributed by atoms with Gasteiger partial charge in [0.1, 0.15) is 18.2 Å². The Morgan fingerprint density at radius 2 is 2.14 bits per heavy atom. The van der Waals surface area contributed by atoms with Crippen LogP contribution in [0, 0.1) is 0 Å². The normalized spacial score (nSPS) is 10.7. The van der Waals surface area contributed by atoms with E-state index in [4.69, 9.17) is 21.4 Å². The van der Waals surface area contributed by atoms with Gasteiger partial charge < -0.3 is 14.8 Å². The van der Waals surface area contributed by atoms with E-state index in [0.717, 1.165) is 0 Å². The van der Waals surface area contributed by atoms with Crippen molar-refractivity contribution in [2.24, 2.45) is 0 Å². The van der Waals surface area contributed by atoms with Crippen LogP contribution in [0.3, 0.4) is 0 Å². The van der Waals surface area contributed by atoms with Crippen LogP contribution in [0.1, 0.15) is 16.2 Å². The van der Waals surface area contributed by atoms with Gasteiger partial charge >= 0.3 is 5.97 Å².